The lowest BCUT2D eigenvalue weighted by atomic mass is 9.60. The quantitative estimate of drug-likeness (QED) is 0.855. The summed E-state index contributed by atoms with van der Waals surface area (Å²) in [7, 11) is 0. The normalized spacial score (nSPS) is 25.0. The Bertz CT molecular complexity index is 663. The summed E-state index contributed by atoms with van der Waals surface area (Å²) in [6.45, 7) is 3.77. The van der Waals surface area contributed by atoms with Gasteiger partial charge in [-0.3, -0.25) is 10.1 Å². The zero-order valence-corrected chi connectivity index (χ0v) is 14.3. The summed E-state index contributed by atoms with van der Waals surface area (Å²) in [6, 6.07) is 4.59. The van der Waals surface area contributed by atoms with Crippen LogP contribution in [-0.4, -0.2) is 33.9 Å². The zero-order valence-electron chi connectivity index (χ0n) is 14.3. The zero-order chi connectivity index (χ0) is 16.4. The molecule has 2 heterocycles. The number of aromatic nitrogens is 3. The molecule has 24 heavy (non-hydrogen) atoms. The highest BCUT2D eigenvalue weighted by Crippen LogP contribution is 2.54. The predicted octanol–water partition coefficient (Wildman–Crippen LogP) is 3.30. The molecule has 5 heteroatoms. The molecule has 0 amide bonds. The van der Waals surface area contributed by atoms with Gasteiger partial charge in [-0.1, -0.05) is 12.8 Å². The van der Waals surface area contributed by atoms with Crippen LogP contribution in [0.15, 0.2) is 30.7 Å². The number of aromatic amines is 1. The Hall–Kier alpha value is -1.72. The third kappa shape index (κ3) is 2.66. The van der Waals surface area contributed by atoms with E-state index in [0.717, 1.165) is 30.8 Å². The first-order valence-corrected chi connectivity index (χ1v) is 9.11. The molecule has 0 saturated heterocycles. The van der Waals surface area contributed by atoms with E-state index < -0.39 is 0 Å². The van der Waals surface area contributed by atoms with Crippen molar-refractivity contribution in [3.63, 3.8) is 0 Å². The van der Waals surface area contributed by atoms with Crippen molar-refractivity contribution in [3.8, 4) is 11.3 Å². The van der Waals surface area contributed by atoms with Crippen molar-refractivity contribution in [1.82, 2.24) is 20.5 Å². The predicted molar refractivity (Wildman–Crippen MR) is 93.4 cm³/mol. The van der Waals surface area contributed by atoms with Gasteiger partial charge in [-0.25, -0.2) is 0 Å². The second-order valence-electron chi connectivity index (χ2n) is 7.07. The molecule has 2 aromatic heterocycles. The molecule has 2 N–H and O–H groups in total. The third-order valence-electron chi connectivity index (χ3n) is 5.89. The monoisotopic (exact) mass is 326 g/mol. The average molecular weight is 326 g/mol. The van der Waals surface area contributed by atoms with Gasteiger partial charge in [0.2, 0.25) is 0 Å². The maximum absolute atomic E-state index is 6.01. The molecule has 4 rings (SSSR count). The lowest BCUT2D eigenvalue weighted by Gasteiger charge is -2.54. The van der Waals surface area contributed by atoms with E-state index in [1.54, 1.807) is 6.20 Å². The average Bonchev–Trinajstić information content (AvgIpc) is 3.29. The van der Waals surface area contributed by atoms with Gasteiger partial charge in [0.1, 0.15) is 0 Å². The molecule has 1 spiro atoms. The van der Waals surface area contributed by atoms with Crippen LogP contribution in [0, 0.1) is 5.41 Å². The Labute approximate surface area is 143 Å². The first kappa shape index (κ1) is 15.8. The molecule has 2 saturated carbocycles. The minimum absolute atomic E-state index is 0.369. The molecule has 128 valence electrons. The fourth-order valence-electron chi connectivity index (χ4n) is 4.61. The summed E-state index contributed by atoms with van der Waals surface area (Å²) in [5, 5.41) is 11.1. The van der Waals surface area contributed by atoms with E-state index in [9.17, 15) is 0 Å². The number of hydrogen-bond donors (Lipinski definition) is 2. The smallest absolute Gasteiger partial charge is 0.0710 e. The number of nitrogens with one attached hydrogen (secondary N) is 2. The second-order valence-corrected chi connectivity index (χ2v) is 7.07. The summed E-state index contributed by atoms with van der Waals surface area (Å²) in [4.78, 5) is 4.21. The molecule has 0 bridgehead atoms. The highest BCUT2D eigenvalue weighted by molar-refractivity contribution is 5.61. The van der Waals surface area contributed by atoms with Crippen molar-refractivity contribution in [2.75, 3.05) is 6.61 Å². The number of ether oxygens (including phenoxy) is 1. The highest BCUT2D eigenvalue weighted by Gasteiger charge is 2.56. The minimum Gasteiger partial charge on any atom is -0.378 e. The van der Waals surface area contributed by atoms with Crippen molar-refractivity contribution in [2.45, 2.75) is 57.7 Å². The SMILES string of the molecule is CCOC1CC(NCc2cn[nH]c2-c2cccnc2)C12CCCC2. The summed E-state index contributed by atoms with van der Waals surface area (Å²) >= 11 is 0. The maximum atomic E-state index is 6.01. The molecule has 2 fully saturated rings. The van der Waals surface area contributed by atoms with Gasteiger partial charge in [0.25, 0.3) is 0 Å². The lowest BCUT2D eigenvalue weighted by Crippen LogP contribution is -2.62. The Kier molecular flexibility index (Phi) is 4.37. The van der Waals surface area contributed by atoms with E-state index in [1.807, 2.05) is 18.5 Å². The largest absolute Gasteiger partial charge is 0.378 e. The summed E-state index contributed by atoms with van der Waals surface area (Å²) < 4.78 is 6.01. The van der Waals surface area contributed by atoms with Gasteiger partial charge in [0.05, 0.1) is 18.0 Å². The highest BCUT2D eigenvalue weighted by atomic mass is 16.5. The molecule has 2 aliphatic rings. The van der Waals surface area contributed by atoms with Crippen LogP contribution in [0.25, 0.3) is 11.3 Å². The van der Waals surface area contributed by atoms with E-state index in [2.05, 4.69) is 33.5 Å². The van der Waals surface area contributed by atoms with Gasteiger partial charge >= 0.3 is 0 Å². The van der Waals surface area contributed by atoms with Crippen molar-refractivity contribution in [1.29, 1.82) is 0 Å². The fourth-order valence-corrected chi connectivity index (χ4v) is 4.61. The second kappa shape index (κ2) is 6.65. The van der Waals surface area contributed by atoms with Crippen LogP contribution >= 0.6 is 0 Å². The number of H-pyrrole nitrogens is 1. The van der Waals surface area contributed by atoms with Gasteiger partial charge in [0.15, 0.2) is 0 Å². The first-order valence-electron chi connectivity index (χ1n) is 9.11. The van der Waals surface area contributed by atoms with Crippen LogP contribution in [0.2, 0.25) is 0 Å². The molecule has 0 aromatic carbocycles. The van der Waals surface area contributed by atoms with E-state index >= 15 is 0 Å². The molecule has 2 atom stereocenters. The minimum atomic E-state index is 0.369. The Balaban J connectivity index is 1.44. The van der Waals surface area contributed by atoms with Gasteiger partial charge in [-0.2, -0.15) is 5.10 Å². The molecule has 0 radical (unpaired) electrons. The van der Waals surface area contributed by atoms with Gasteiger partial charge < -0.3 is 10.1 Å². The van der Waals surface area contributed by atoms with Crippen molar-refractivity contribution in [2.24, 2.45) is 5.41 Å². The summed E-state index contributed by atoms with van der Waals surface area (Å²) in [5.41, 5.74) is 3.73. The van der Waals surface area contributed by atoms with E-state index in [1.165, 1.54) is 31.2 Å². The van der Waals surface area contributed by atoms with Crippen molar-refractivity contribution >= 4 is 0 Å². The van der Waals surface area contributed by atoms with Crippen LogP contribution in [0.5, 0.6) is 0 Å². The van der Waals surface area contributed by atoms with E-state index in [4.69, 9.17) is 4.74 Å². The molecule has 2 aromatic rings. The number of hydrogen-bond acceptors (Lipinski definition) is 4. The number of nitrogens with zero attached hydrogens (tertiary/aromatic N) is 2. The van der Waals surface area contributed by atoms with Gasteiger partial charge in [-0.15, -0.1) is 0 Å². The third-order valence-corrected chi connectivity index (χ3v) is 5.89. The summed E-state index contributed by atoms with van der Waals surface area (Å²) in [6.07, 6.45) is 12.5. The van der Waals surface area contributed by atoms with Crippen LogP contribution in [0.1, 0.15) is 44.6 Å². The van der Waals surface area contributed by atoms with Gasteiger partial charge in [0, 0.05) is 48.1 Å². The summed E-state index contributed by atoms with van der Waals surface area (Å²) in [5.74, 6) is 0. The van der Waals surface area contributed by atoms with Crippen LogP contribution < -0.4 is 5.32 Å². The first-order chi connectivity index (χ1) is 11.8. The molecule has 5 nitrogen and oxygen atoms in total. The van der Waals surface area contributed by atoms with E-state index in [-0.39, 0.29) is 0 Å². The molecule has 2 aliphatic carbocycles. The van der Waals surface area contributed by atoms with Crippen LogP contribution in [0.3, 0.4) is 0 Å². The molecular formula is C19H26N4O. The number of rotatable bonds is 6. The number of pyridine rings is 1. The van der Waals surface area contributed by atoms with E-state index in [0.29, 0.717) is 17.6 Å². The van der Waals surface area contributed by atoms with Crippen LogP contribution in [0.4, 0.5) is 0 Å². The maximum Gasteiger partial charge on any atom is 0.0710 e. The lowest BCUT2D eigenvalue weighted by molar-refractivity contribution is -0.130. The molecule has 2 unspecified atom stereocenters. The van der Waals surface area contributed by atoms with Crippen molar-refractivity contribution < 1.29 is 4.74 Å². The van der Waals surface area contributed by atoms with Gasteiger partial charge in [-0.05, 0) is 38.3 Å². The Morgan fingerprint density at radius 3 is 2.96 bits per heavy atom. The standard InChI is InChI=1S/C19H26N4O/c1-2-24-17-10-16(19(17)7-3-4-8-19)21-12-15-13-22-23-18(15)14-6-5-9-20-11-14/h5-6,9,11,13,16-17,21H,2-4,7-8,10,12H2,1H3,(H,22,23). The fraction of sp³-hybridized carbons (Fsp3) is 0.579. The topological polar surface area (TPSA) is 62.8 Å². The van der Waals surface area contributed by atoms with Crippen molar-refractivity contribution in [3.05, 3.63) is 36.3 Å². The van der Waals surface area contributed by atoms with Crippen LogP contribution in [-0.2, 0) is 11.3 Å². The molecular weight excluding hydrogens is 300 g/mol. The molecule has 0 aliphatic heterocycles. The Morgan fingerprint density at radius 2 is 2.21 bits per heavy atom. The Morgan fingerprint density at radius 1 is 1.33 bits per heavy atom.